The van der Waals surface area contributed by atoms with Gasteiger partial charge in [-0.1, -0.05) is 6.07 Å². The molecular weight excluding hydrogens is 382 g/mol. The number of nitrogens with zero attached hydrogens (tertiary/aromatic N) is 1. The largest absolute Gasteiger partial charge is 0.444 e. The third-order valence-electron chi connectivity index (χ3n) is 4.20. The summed E-state index contributed by atoms with van der Waals surface area (Å²) in [5.74, 6) is -2.09. The van der Waals surface area contributed by atoms with Crippen molar-refractivity contribution in [1.82, 2.24) is 15.4 Å². The molecule has 1 saturated heterocycles. The summed E-state index contributed by atoms with van der Waals surface area (Å²) in [6, 6.07) is 2.87. The van der Waals surface area contributed by atoms with Crippen LogP contribution in [-0.4, -0.2) is 44.4 Å². The van der Waals surface area contributed by atoms with Crippen LogP contribution in [-0.2, 0) is 20.3 Å². The predicted molar refractivity (Wildman–Crippen MR) is 93.6 cm³/mol. The first-order valence-electron chi connectivity index (χ1n) is 8.21. The minimum absolute atomic E-state index is 0.000623. The van der Waals surface area contributed by atoms with Crippen LogP contribution >= 0.6 is 0 Å². The number of alkyl carbamates (subject to hydrolysis) is 1. The lowest BCUT2D eigenvalue weighted by Gasteiger charge is -2.36. The molecule has 3 rings (SSSR count). The standard InChI is InChI=1S/C16H20F2N4O4S/c1-15(2,3)26-14(23)20-13-21-16(10-5-4-9(17)6-11(10)18)8-19-7-12(16)27(24,25)22-13/h4-6,12,19H,7-8H2,1-3H3,(H2,20,21,22,23). The summed E-state index contributed by atoms with van der Waals surface area (Å²) < 4.78 is 60.4. The summed E-state index contributed by atoms with van der Waals surface area (Å²) in [5.41, 5.74) is -2.43. The monoisotopic (exact) mass is 402 g/mol. The molecule has 11 heteroatoms. The summed E-state index contributed by atoms with van der Waals surface area (Å²) in [5, 5.41) is 4.00. The Labute approximate surface area is 155 Å². The average molecular weight is 402 g/mol. The van der Waals surface area contributed by atoms with Gasteiger partial charge < -0.3 is 10.1 Å². The van der Waals surface area contributed by atoms with Crippen molar-refractivity contribution in [2.75, 3.05) is 13.1 Å². The highest BCUT2D eigenvalue weighted by atomic mass is 32.2. The highest BCUT2D eigenvalue weighted by Gasteiger charge is 2.55. The second-order valence-electron chi connectivity index (χ2n) is 7.40. The van der Waals surface area contributed by atoms with Crippen LogP contribution in [0.1, 0.15) is 26.3 Å². The van der Waals surface area contributed by atoms with Gasteiger partial charge in [0.2, 0.25) is 16.0 Å². The first-order valence-corrected chi connectivity index (χ1v) is 9.75. The minimum Gasteiger partial charge on any atom is -0.444 e. The number of amides is 1. The van der Waals surface area contributed by atoms with Gasteiger partial charge in [0.1, 0.15) is 28.0 Å². The van der Waals surface area contributed by atoms with E-state index in [1.807, 2.05) is 0 Å². The quantitative estimate of drug-likeness (QED) is 0.648. The molecule has 2 unspecified atom stereocenters. The fourth-order valence-corrected chi connectivity index (χ4v) is 4.83. The summed E-state index contributed by atoms with van der Waals surface area (Å²) in [4.78, 5) is 16.3. The van der Waals surface area contributed by atoms with Gasteiger partial charge in [0, 0.05) is 24.7 Å². The van der Waals surface area contributed by atoms with E-state index in [4.69, 9.17) is 4.74 Å². The third-order valence-corrected chi connectivity index (χ3v) is 5.98. The van der Waals surface area contributed by atoms with Crippen LogP contribution in [0.25, 0.3) is 0 Å². The van der Waals surface area contributed by atoms with E-state index < -0.39 is 44.1 Å². The number of aliphatic imine (C=N–C) groups is 1. The molecule has 0 radical (unpaired) electrons. The van der Waals surface area contributed by atoms with Gasteiger partial charge in [0.25, 0.3) is 0 Å². The van der Waals surface area contributed by atoms with Crippen molar-refractivity contribution >= 4 is 22.1 Å². The molecule has 148 valence electrons. The number of ether oxygens (including phenoxy) is 1. The van der Waals surface area contributed by atoms with E-state index in [0.29, 0.717) is 6.07 Å². The van der Waals surface area contributed by atoms with Gasteiger partial charge in [-0.3, -0.25) is 10.0 Å². The van der Waals surface area contributed by atoms with Gasteiger partial charge in [-0.25, -0.2) is 27.0 Å². The maximum Gasteiger partial charge on any atom is 0.414 e. The van der Waals surface area contributed by atoms with E-state index in [-0.39, 0.29) is 24.6 Å². The van der Waals surface area contributed by atoms with E-state index in [1.54, 1.807) is 20.8 Å². The molecule has 0 aliphatic carbocycles. The van der Waals surface area contributed by atoms with Crippen LogP contribution in [0.3, 0.4) is 0 Å². The van der Waals surface area contributed by atoms with Gasteiger partial charge in [-0.2, -0.15) is 0 Å². The molecule has 2 atom stereocenters. The number of nitrogens with one attached hydrogen (secondary N) is 3. The molecule has 0 saturated carbocycles. The van der Waals surface area contributed by atoms with Gasteiger partial charge in [0.05, 0.1) is 0 Å². The highest BCUT2D eigenvalue weighted by Crippen LogP contribution is 2.39. The van der Waals surface area contributed by atoms with Crippen LogP contribution < -0.4 is 15.4 Å². The Bertz CT molecular complexity index is 913. The maximum atomic E-state index is 14.5. The molecule has 1 fully saturated rings. The molecule has 1 aromatic rings. The maximum absolute atomic E-state index is 14.5. The SMILES string of the molecule is CC(C)(C)OC(=O)NC1=NC2(c3ccc(F)cc3F)CNCC2S(=O)(=O)N1. The van der Waals surface area contributed by atoms with Crippen molar-refractivity contribution < 1.29 is 26.7 Å². The minimum atomic E-state index is -4.01. The Morgan fingerprint density at radius 1 is 1.37 bits per heavy atom. The zero-order valence-corrected chi connectivity index (χ0v) is 15.8. The highest BCUT2D eigenvalue weighted by molar-refractivity contribution is 7.90. The number of hydrogen-bond donors (Lipinski definition) is 3. The van der Waals surface area contributed by atoms with E-state index in [9.17, 15) is 22.0 Å². The Kier molecular flexibility index (Phi) is 4.63. The summed E-state index contributed by atoms with van der Waals surface area (Å²) in [7, 11) is -4.01. The Balaban J connectivity index is 2.05. The molecule has 8 nitrogen and oxygen atoms in total. The lowest BCUT2D eigenvalue weighted by atomic mass is 9.88. The molecule has 3 N–H and O–H groups in total. The van der Waals surface area contributed by atoms with Crippen molar-refractivity contribution in [3.63, 3.8) is 0 Å². The molecule has 2 aliphatic heterocycles. The molecular formula is C16H20F2N4O4S. The molecule has 1 aromatic carbocycles. The molecule has 2 heterocycles. The number of hydrogen-bond acceptors (Lipinski definition) is 6. The molecule has 1 amide bonds. The van der Waals surface area contributed by atoms with Crippen LogP contribution in [0.4, 0.5) is 13.6 Å². The van der Waals surface area contributed by atoms with Crippen molar-refractivity contribution in [1.29, 1.82) is 0 Å². The van der Waals surface area contributed by atoms with E-state index in [1.165, 1.54) is 6.07 Å². The number of guanidine groups is 1. The fraction of sp³-hybridized carbons (Fsp3) is 0.500. The third kappa shape index (κ3) is 3.74. The number of sulfonamides is 1. The fourth-order valence-electron chi connectivity index (χ4n) is 3.21. The van der Waals surface area contributed by atoms with Crippen LogP contribution in [0.15, 0.2) is 23.2 Å². The smallest absolute Gasteiger partial charge is 0.414 e. The molecule has 27 heavy (non-hydrogen) atoms. The summed E-state index contributed by atoms with van der Waals surface area (Å²) in [6.07, 6.45) is -0.914. The van der Waals surface area contributed by atoms with Crippen LogP contribution in [0, 0.1) is 11.6 Å². The lowest BCUT2D eigenvalue weighted by Crippen LogP contribution is -2.58. The second-order valence-corrected chi connectivity index (χ2v) is 9.27. The summed E-state index contributed by atoms with van der Waals surface area (Å²) in [6.45, 7) is 4.96. The van der Waals surface area contributed by atoms with Gasteiger partial charge in [-0.05, 0) is 26.8 Å². The Hall–Kier alpha value is -2.27. The predicted octanol–water partition coefficient (Wildman–Crippen LogP) is 0.946. The van der Waals surface area contributed by atoms with Crippen molar-refractivity contribution in [2.24, 2.45) is 4.99 Å². The lowest BCUT2D eigenvalue weighted by molar-refractivity contribution is 0.0561. The topological polar surface area (TPSA) is 109 Å². The van der Waals surface area contributed by atoms with Gasteiger partial charge in [-0.15, -0.1) is 0 Å². The van der Waals surface area contributed by atoms with Crippen LogP contribution in [0.5, 0.6) is 0 Å². The van der Waals surface area contributed by atoms with E-state index in [0.717, 1.165) is 6.07 Å². The van der Waals surface area contributed by atoms with Gasteiger partial charge >= 0.3 is 6.09 Å². The average Bonchev–Trinajstić information content (AvgIpc) is 2.89. The number of rotatable bonds is 1. The van der Waals surface area contributed by atoms with E-state index >= 15 is 0 Å². The normalized spacial score (nSPS) is 26.6. The zero-order chi connectivity index (χ0) is 20.0. The first kappa shape index (κ1) is 19.5. The number of halogens is 2. The molecule has 0 aromatic heterocycles. The Morgan fingerprint density at radius 3 is 2.70 bits per heavy atom. The second kappa shape index (κ2) is 6.41. The molecule has 0 spiro atoms. The van der Waals surface area contributed by atoms with Crippen LogP contribution in [0.2, 0.25) is 0 Å². The number of fused-ring (bicyclic) bond motifs is 1. The Morgan fingerprint density at radius 2 is 2.07 bits per heavy atom. The molecule has 2 aliphatic rings. The van der Waals surface area contributed by atoms with Crippen molar-refractivity contribution in [3.8, 4) is 0 Å². The number of carbonyl (C=O) groups excluding carboxylic acids is 1. The van der Waals surface area contributed by atoms with Crippen molar-refractivity contribution in [3.05, 3.63) is 35.4 Å². The first-order chi connectivity index (χ1) is 12.4. The van der Waals surface area contributed by atoms with Gasteiger partial charge in [0.15, 0.2) is 0 Å². The molecule has 0 bridgehead atoms. The zero-order valence-electron chi connectivity index (χ0n) is 15.0. The van der Waals surface area contributed by atoms with E-state index in [2.05, 4.69) is 20.3 Å². The van der Waals surface area contributed by atoms with Crippen molar-refractivity contribution in [2.45, 2.75) is 37.2 Å². The summed E-state index contributed by atoms with van der Waals surface area (Å²) >= 11 is 0. The number of carbonyl (C=O) groups is 1. The number of benzene rings is 1.